The molecule has 0 bridgehead atoms. The van der Waals surface area contributed by atoms with Gasteiger partial charge in [0.1, 0.15) is 0 Å². The molecule has 1 aromatic carbocycles. The summed E-state index contributed by atoms with van der Waals surface area (Å²) >= 11 is 0. The number of rotatable bonds is 3. The molecule has 98 valence electrons. The average Bonchev–Trinajstić information content (AvgIpc) is 2.38. The summed E-state index contributed by atoms with van der Waals surface area (Å²) in [6.45, 7) is 3.64. The second-order valence-electron chi connectivity index (χ2n) is 4.61. The Morgan fingerprint density at radius 3 is 2.94 bits per heavy atom. The van der Waals surface area contributed by atoms with E-state index in [1.807, 2.05) is 30.3 Å². The van der Waals surface area contributed by atoms with E-state index >= 15 is 0 Å². The second kappa shape index (κ2) is 6.37. The van der Waals surface area contributed by atoms with Gasteiger partial charge in [-0.05, 0) is 19.2 Å². The molecule has 0 aliphatic carbocycles. The molecule has 0 radical (unpaired) electrons. The van der Waals surface area contributed by atoms with Crippen molar-refractivity contribution in [2.75, 3.05) is 38.5 Å². The zero-order chi connectivity index (χ0) is 12.8. The number of nitrogens with zero attached hydrogens (tertiary/aromatic N) is 1. The molecular formula is C13H20N4O. The molecule has 18 heavy (non-hydrogen) atoms. The van der Waals surface area contributed by atoms with Gasteiger partial charge in [0.15, 0.2) is 0 Å². The van der Waals surface area contributed by atoms with Crippen molar-refractivity contribution in [3.05, 3.63) is 30.3 Å². The van der Waals surface area contributed by atoms with Gasteiger partial charge in [-0.2, -0.15) is 0 Å². The molecule has 5 nitrogen and oxygen atoms in total. The third-order valence-electron chi connectivity index (χ3n) is 3.00. The van der Waals surface area contributed by atoms with Crippen molar-refractivity contribution in [1.29, 1.82) is 0 Å². The quantitative estimate of drug-likeness (QED) is 0.738. The van der Waals surface area contributed by atoms with Crippen LogP contribution >= 0.6 is 0 Å². The van der Waals surface area contributed by atoms with Gasteiger partial charge in [0.25, 0.3) is 0 Å². The summed E-state index contributed by atoms with van der Waals surface area (Å²) in [5, 5.41) is 9.07. The first kappa shape index (κ1) is 12.9. The molecule has 1 aliphatic rings. The third-order valence-corrected chi connectivity index (χ3v) is 3.00. The van der Waals surface area contributed by atoms with Crippen LogP contribution in [0.3, 0.4) is 0 Å². The summed E-state index contributed by atoms with van der Waals surface area (Å²) in [4.78, 5) is 13.9. The van der Waals surface area contributed by atoms with Crippen molar-refractivity contribution < 1.29 is 4.79 Å². The summed E-state index contributed by atoms with van der Waals surface area (Å²) in [6.07, 6.45) is 0. The molecule has 1 fully saturated rings. The zero-order valence-corrected chi connectivity index (χ0v) is 10.6. The number of hydrogen-bond donors (Lipinski definition) is 3. The molecule has 2 amide bonds. The van der Waals surface area contributed by atoms with Gasteiger partial charge in [0.05, 0.1) is 0 Å². The fourth-order valence-corrected chi connectivity index (χ4v) is 2.04. The Morgan fingerprint density at radius 2 is 2.22 bits per heavy atom. The van der Waals surface area contributed by atoms with Crippen molar-refractivity contribution in [2.24, 2.45) is 0 Å². The fourth-order valence-electron chi connectivity index (χ4n) is 2.04. The minimum Gasteiger partial charge on any atom is -0.336 e. The number of nitrogens with one attached hydrogen (secondary N) is 3. The Hall–Kier alpha value is -1.59. The average molecular weight is 248 g/mol. The molecular weight excluding hydrogens is 228 g/mol. The van der Waals surface area contributed by atoms with E-state index in [1.54, 1.807) is 0 Å². The standard InChI is InChI=1S/C13H20N4O/c1-17-8-7-14-12(10-17)9-15-13(18)16-11-5-3-2-4-6-11/h2-6,12,14H,7-10H2,1H3,(H2,15,16,18). The molecule has 0 spiro atoms. The number of hydrogen-bond acceptors (Lipinski definition) is 3. The summed E-state index contributed by atoms with van der Waals surface area (Å²) in [6, 6.07) is 9.62. The number of piperazine rings is 1. The van der Waals surface area contributed by atoms with Gasteiger partial charge in [-0.25, -0.2) is 4.79 Å². The van der Waals surface area contributed by atoms with E-state index in [0.29, 0.717) is 12.6 Å². The lowest BCUT2D eigenvalue weighted by Gasteiger charge is -2.30. The normalized spacial score (nSPS) is 20.4. The van der Waals surface area contributed by atoms with Crippen LogP contribution in [0.2, 0.25) is 0 Å². The Balaban J connectivity index is 1.71. The summed E-state index contributed by atoms with van der Waals surface area (Å²) in [5.41, 5.74) is 0.809. The lowest BCUT2D eigenvalue weighted by molar-refractivity contribution is 0.228. The van der Waals surface area contributed by atoms with Crippen LogP contribution in [0.15, 0.2) is 30.3 Å². The molecule has 3 N–H and O–H groups in total. The van der Waals surface area contributed by atoms with E-state index in [9.17, 15) is 4.79 Å². The van der Waals surface area contributed by atoms with Crippen LogP contribution in [0.5, 0.6) is 0 Å². The topological polar surface area (TPSA) is 56.4 Å². The number of benzene rings is 1. The molecule has 1 atom stereocenters. The monoisotopic (exact) mass is 248 g/mol. The molecule has 1 aromatic rings. The number of urea groups is 1. The minimum atomic E-state index is -0.156. The fraction of sp³-hybridized carbons (Fsp3) is 0.462. The van der Waals surface area contributed by atoms with Crippen molar-refractivity contribution in [3.8, 4) is 0 Å². The molecule has 2 rings (SSSR count). The predicted molar refractivity (Wildman–Crippen MR) is 72.8 cm³/mol. The highest BCUT2D eigenvalue weighted by Gasteiger charge is 2.16. The summed E-state index contributed by atoms with van der Waals surface area (Å²) in [5.74, 6) is 0. The summed E-state index contributed by atoms with van der Waals surface area (Å²) in [7, 11) is 2.10. The zero-order valence-electron chi connectivity index (χ0n) is 10.6. The van der Waals surface area contributed by atoms with Crippen LogP contribution in [0.4, 0.5) is 10.5 Å². The van der Waals surface area contributed by atoms with Crippen molar-refractivity contribution in [1.82, 2.24) is 15.5 Å². The van der Waals surface area contributed by atoms with Gasteiger partial charge in [-0.15, -0.1) is 0 Å². The minimum absolute atomic E-state index is 0.156. The Bertz CT molecular complexity index is 382. The van der Waals surface area contributed by atoms with E-state index in [4.69, 9.17) is 0 Å². The van der Waals surface area contributed by atoms with Crippen LogP contribution in [0, 0.1) is 0 Å². The third kappa shape index (κ3) is 4.01. The number of likely N-dealkylation sites (N-methyl/N-ethyl adjacent to an activating group) is 1. The molecule has 1 aliphatic heterocycles. The maximum absolute atomic E-state index is 11.7. The van der Waals surface area contributed by atoms with Crippen LogP contribution in [0.25, 0.3) is 0 Å². The lowest BCUT2D eigenvalue weighted by atomic mass is 10.2. The highest BCUT2D eigenvalue weighted by atomic mass is 16.2. The number of carbonyl (C=O) groups is 1. The first-order chi connectivity index (χ1) is 8.74. The van der Waals surface area contributed by atoms with Gasteiger partial charge in [-0.3, -0.25) is 0 Å². The maximum Gasteiger partial charge on any atom is 0.319 e. The maximum atomic E-state index is 11.7. The SMILES string of the molecule is CN1CCNC(CNC(=O)Nc2ccccc2)C1. The molecule has 1 heterocycles. The molecule has 1 unspecified atom stereocenters. The molecule has 5 heteroatoms. The van der Waals surface area contributed by atoms with Crippen LogP contribution in [-0.4, -0.2) is 50.2 Å². The van der Waals surface area contributed by atoms with Gasteiger partial charge >= 0.3 is 6.03 Å². The first-order valence-electron chi connectivity index (χ1n) is 6.26. The Morgan fingerprint density at radius 1 is 1.44 bits per heavy atom. The van der Waals surface area contributed by atoms with Crippen molar-refractivity contribution >= 4 is 11.7 Å². The van der Waals surface area contributed by atoms with E-state index < -0.39 is 0 Å². The van der Waals surface area contributed by atoms with E-state index in [0.717, 1.165) is 25.3 Å². The number of para-hydroxylation sites is 1. The van der Waals surface area contributed by atoms with Gasteiger partial charge in [0, 0.05) is 37.9 Å². The Kier molecular flexibility index (Phi) is 4.55. The number of carbonyl (C=O) groups excluding carboxylic acids is 1. The largest absolute Gasteiger partial charge is 0.336 e. The van der Waals surface area contributed by atoms with Gasteiger partial charge in [-0.1, -0.05) is 18.2 Å². The van der Waals surface area contributed by atoms with E-state index in [1.165, 1.54) is 0 Å². The molecule has 0 saturated carbocycles. The molecule has 0 aromatic heterocycles. The molecule has 1 saturated heterocycles. The van der Waals surface area contributed by atoms with E-state index in [-0.39, 0.29) is 6.03 Å². The Labute approximate surface area is 108 Å². The smallest absolute Gasteiger partial charge is 0.319 e. The summed E-state index contributed by atoms with van der Waals surface area (Å²) < 4.78 is 0. The van der Waals surface area contributed by atoms with Crippen molar-refractivity contribution in [2.45, 2.75) is 6.04 Å². The van der Waals surface area contributed by atoms with Crippen molar-refractivity contribution in [3.63, 3.8) is 0 Å². The highest BCUT2D eigenvalue weighted by molar-refractivity contribution is 5.89. The number of amides is 2. The predicted octanol–water partition coefficient (Wildman–Crippen LogP) is 0.712. The number of anilines is 1. The highest BCUT2D eigenvalue weighted by Crippen LogP contribution is 2.04. The lowest BCUT2D eigenvalue weighted by Crippen LogP contribution is -2.54. The van der Waals surface area contributed by atoms with Crippen LogP contribution in [0.1, 0.15) is 0 Å². The van der Waals surface area contributed by atoms with E-state index in [2.05, 4.69) is 27.9 Å². The van der Waals surface area contributed by atoms with Crippen LogP contribution < -0.4 is 16.0 Å². The van der Waals surface area contributed by atoms with Gasteiger partial charge < -0.3 is 20.9 Å². The van der Waals surface area contributed by atoms with Crippen LogP contribution in [-0.2, 0) is 0 Å². The second-order valence-corrected chi connectivity index (χ2v) is 4.61. The van der Waals surface area contributed by atoms with Gasteiger partial charge in [0.2, 0.25) is 0 Å². The first-order valence-corrected chi connectivity index (χ1v) is 6.26.